The number of piperazine rings is 1. The Balaban J connectivity index is 1.82. The lowest BCUT2D eigenvalue weighted by Crippen LogP contribution is -2.45. The third kappa shape index (κ3) is 3.13. The molecule has 0 radical (unpaired) electrons. The lowest BCUT2D eigenvalue weighted by Gasteiger charge is -2.35. The molecular formula is C18H18Cl2N2S. The Morgan fingerprint density at radius 3 is 2.57 bits per heavy atom. The second-order valence-electron chi connectivity index (χ2n) is 6.02. The maximum Gasteiger partial charge on any atom is 0.0603 e. The first-order chi connectivity index (χ1) is 11.2. The smallest absolute Gasteiger partial charge is 0.0603 e. The van der Waals surface area contributed by atoms with E-state index in [4.69, 9.17) is 23.2 Å². The summed E-state index contributed by atoms with van der Waals surface area (Å²) in [6, 6.07) is 13.1. The minimum Gasteiger partial charge on any atom is -0.314 e. The maximum absolute atomic E-state index is 6.34. The van der Waals surface area contributed by atoms with E-state index < -0.39 is 0 Å². The van der Waals surface area contributed by atoms with E-state index in [1.54, 1.807) is 0 Å². The minimum atomic E-state index is 0.359. The van der Waals surface area contributed by atoms with Gasteiger partial charge in [0.15, 0.2) is 0 Å². The Labute approximate surface area is 151 Å². The second-order valence-corrected chi connectivity index (χ2v) is 7.92. The zero-order valence-corrected chi connectivity index (χ0v) is 15.0. The Kier molecular flexibility index (Phi) is 4.57. The SMILES string of the molecule is Clc1cc2c(cc1Cl)C(N1CCNCC1)Cc1ccccc1S2. The van der Waals surface area contributed by atoms with Gasteiger partial charge in [0.05, 0.1) is 10.0 Å². The number of rotatable bonds is 1. The van der Waals surface area contributed by atoms with Crippen molar-refractivity contribution in [2.24, 2.45) is 0 Å². The quantitative estimate of drug-likeness (QED) is 0.792. The van der Waals surface area contributed by atoms with Crippen LogP contribution in [0.1, 0.15) is 17.2 Å². The van der Waals surface area contributed by atoms with Crippen molar-refractivity contribution in [3.8, 4) is 0 Å². The monoisotopic (exact) mass is 364 g/mol. The lowest BCUT2D eigenvalue weighted by molar-refractivity contribution is 0.170. The highest BCUT2D eigenvalue weighted by atomic mass is 35.5. The summed E-state index contributed by atoms with van der Waals surface area (Å²) in [6.45, 7) is 4.22. The molecule has 2 heterocycles. The fourth-order valence-corrected chi connectivity index (χ4v) is 4.98. The van der Waals surface area contributed by atoms with Gasteiger partial charge in [0.25, 0.3) is 0 Å². The molecule has 1 unspecified atom stereocenters. The summed E-state index contributed by atoms with van der Waals surface area (Å²) in [5.41, 5.74) is 2.71. The zero-order valence-electron chi connectivity index (χ0n) is 12.7. The van der Waals surface area contributed by atoms with Gasteiger partial charge in [-0.25, -0.2) is 0 Å². The Hall–Kier alpha value is -0.710. The predicted octanol–water partition coefficient (Wildman–Crippen LogP) is 4.65. The van der Waals surface area contributed by atoms with Gasteiger partial charge in [-0.3, -0.25) is 4.90 Å². The van der Waals surface area contributed by atoms with Gasteiger partial charge in [0.2, 0.25) is 0 Å². The number of nitrogens with zero attached hydrogens (tertiary/aromatic N) is 1. The van der Waals surface area contributed by atoms with E-state index in [0.717, 1.165) is 32.6 Å². The first-order valence-corrected chi connectivity index (χ1v) is 9.49. The maximum atomic E-state index is 6.34. The van der Waals surface area contributed by atoms with E-state index in [1.807, 2.05) is 17.8 Å². The molecule has 0 bridgehead atoms. The number of nitrogens with one attached hydrogen (secondary N) is 1. The molecule has 2 nitrogen and oxygen atoms in total. The van der Waals surface area contributed by atoms with E-state index in [0.29, 0.717) is 16.1 Å². The molecule has 0 aliphatic carbocycles. The van der Waals surface area contributed by atoms with Gasteiger partial charge in [-0.2, -0.15) is 0 Å². The molecule has 2 aromatic rings. The highest BCUT2D eigenvalue weighted by molar-refractivity contribution is 7.99. The summed E-state index contributed by atoms with van der Waals surface area (Å²) in [7, 11) is 0. The fraction of sp³-hybridized carbons (Fsp3) is 0.333. The van der Waals surface area contributed by atoms with Crippen LogP contribution in [0.2, 0.25) is 10.0 Å². The van der Waals surface area contributed by atoms with Crippen molar-refractivity contribution >= 4 is 35.0 Å². The van der Waals surface area contributed by atoms with Crippen molar-refractivity contribution in [1.29, 1.82) is 0 Å². The van der Waals surface area contributed by atoms with Crippen molar-refractivity contribution < 1.29 is 0 Å². The number of hydrogen-bond acceptors (Lipinski definition) is 3. The van der Waals surface area contributed by atoms with Gasteiger partial charge >= 0.3 is 0 Å². The standard InChI is InChI=1S/C18H18Cl2N2S/c19-14-10-13-16(22-7-5-21-6-8-22)9-12-3-1-2-4-17(12)23-18(13)11-15(14)20/h1-4,10-11,16,21H,5-9H2. The van der Waals surface area contributed by atoms with E-state index in [2.05, 4.69) is 40.5 Å². The van der Waals surface area contributed by atoms with Crippen LogP contribution in [0.25, 0.3) is 0 Å². The number of halogens is 2. The van der Waals surface area contributed by atoms with Crippen LogP contribution in [-0.4, -0.2) is 31.1 Å². The molecule has 1 N–H and O–H groups in total. The first-order valence-electron chi connectivity index (χ1n) is 7.92. The molecule has 1 fully saturated rings. The van der Waals surface area contributed by atoms with Gasteiger partial charge in [0.1, 0.15) is 0 Å². The molecule has 23 heavy (non-hydrogen) atoms. The summed E-state index contributed by atoms with van der Waals surface area (Å²) in [5, 5.41) is 4.72. The molecule has 0 spiro atoms. The summed E-state index contributed by atoms with van der Waals surface area (Å²) in [5.74, 6) is 0. The van der Waals surface area contributed by atoms with Crippen LogP contribution >= 0.6 is 35.0 Å². The molecule has 0 saturated carbocycles. The molecule has 1 saturated heterocycles. The average Bonchev–Trinajstić information content (AvgIpc) is 2.73. The highest BCUT2D eigenvalue weighted by Gasteiger charge is 2.29. The zero-order chi connectivity index (χ0) is 15.8. The minimum absolute atomic E-state index is 0.359. The summed E-state index contributed by atoms with van der Waals surface area (Å²) < 4.78 is 0. The third-order valence-electron chi connectivity index (χ3n) is 4.61. The predicted molar refractivity (Wildman–Crippen MR) is 97.9 cm³/mol. The van der Waals surface area contributed by atoms with Gasteiger partial charge in [-0.1, -0.05) is 53.2 Å². The van der Waals surface area contributed by atoms with Crippen LogP contribution in [0.5, 0.6) is 0 Å². The van der Waals surface area contributed by atoms with Crippen LogP contribution in [0.3, 0.4) is 0 Å². The lowest BCUT2D eigenvalue weighted by atomic mass is 9.97. The fourth-order valence-electron chi connectivity index (χ4n) is 3.42. The van der Waals surface area contributed by atoms with Crippen LogP contribution in [0, 0.1) is 0 Å². The van der Waals surface area contributed by atoms with Gasteiger partial charge in [-0.15, -0.1) is 0 Å². The largest absolute Gasteiger partial charge is 0.314 e. The summed E-state index contributed by atoms with van der Waals surface area (Å²) in [4.78, 5) is 5.13. The van der Waals surface area contributed by atoms with Crippen molar-refractivity contribution in [2.45, 2.75) is 22.3 Å². The number of fused-ring (bicyclic) bond motifs is 2. The molecule has 0 aromatic heterocycles. The van der Waals surface area contributed by atoms with Gasteiger partial charge < -0.3 is 5.32 Å². The van der Waals surface area contributed by atoms with E-state index in [1.165, 1.54) is 20.9 Å². The van der Waals surface area contributed by atoms with Gasteiger partial charge in [0, 0.05) is 42.0 Å². The average molecular weight is 365 g/mol. The first kappa shape index (κ1) is 15.8. The van der Waals surface area contributed by atoms with Crippen LogP contribution in [0.15, 0.2) is 46.2 Å². The van der Waals surface area contributed by atoms with Crippen molar-refractivity contribution in [1.82, 2.24) is 10.2 Å². The highest BCUT2D eigenvalue weighted by Crippen LogP contribution is 2.45. The molecule has 120 valence electrons. The Morgan fingerprint density at radius 2 is 1.74 bits per heavy atom. The molecule has 4 rings (SSSR count). The molecular weight excluding hydrogens is 347 g/mol. The Bertz CT molecular complexity index is 729. The van der Waals surface area contributed by atoms with Gasteiger partial charge in [-0.05, 0) is 35.7 Å². The third-order valence-corrected chi connectivity index (χ3v) is 6.52. The number of hydrogen-bond donors (Lipinski definition) is 1. The van der Waals surface area contributed by atoms with Crippen molar-refractivity contribution in [2.75, 3.05) is 26.2 Å². The van der Waals surface area contributed by atoms with Crippen LogP contribution in [0.4, 0.5) is 0 Å². The normalized spacial score (nSPS) is 21.4. The van der Waals surface area contributed by atoms with Crippen LogP contribution in [-0.2, 0) is 6.42 Å². The molecule has 2 aliphatic rings. The van der Waals surface area contributed by atoms with Crippen molar-refractivity contribution in [3.05, 3.63) is 57.6 Å². The summed E-state index contributed by atoms with van der Waals surface area (Å²) >= 11 is 14.4. The Morgan fingerprint density at radius 1 is 1.00 bits per heavy atom. The van der Waals surface area contributed by atoms with E-state index in [-0.39, 0.29) is 0 Å². The summed E-state index contributed by atoms with van der Waals surface area (Å²) in [6.07, 6.45) is 1.02. The molecule has 5 heteroatoms. The van der Waals surface area contributed by atoms with E-state index in [9.17, 15) is 0 Å². The molecule has 1 atom stereocenters. The molecule has 0 amide bonds. The molecule has 2 aliphatic heterocycles. The second kappa shape index (κ2) is 6.66. The molecule has 2 aromatic carbocycles. The number of benzene rings is 2. The van der Waals surface area contributed by atoms with E-state index >= 15 is 0 Å². The van der Waals surface area contributed by atoms with Crippen LogP contribution < -0.4 is 5.32 Å². The van der Waals surface area contributed by atoms with Crippen molar-refractivity contribution in [3.63, 3.8) is 0 Å². The topological polar surface area (TPSA) is 15.3 Å².